The van der Waals surface area contributed by atoms with E-state index in [4.69, 9.17) is 23.2 Å². The number of fused-ring (bicyclic) bond motifs is 1. The fourth-order valence-corrected chi connectivity index (χ4v) is 2.06. The molecule has 0 saturated carbocycles. The average Bonchev–Trinajstić information content (AvgIpc) is 2.15. The molecule has 0 bridgehead atoms. The van der Waals surface area contributed by atoms with E-state index in [1.54, 1.807) is 19.1 Å². The van der Waals surface area contributed by atoms with Gasteiger partial charge in [-0.1, -0.05) is 23.2 Å². The minimum absolute atomic E-state index is 0.000556. The van der Waals surface area contributed by atoms with Gasteiger partial charge in [0, 0.05) is 11.1 Å². The molecule has 1 aromatic heterocycles. The minimum atomic E-state index is -0.548. The minimum Gasteiger partial charge on any atom is -0.258 e. The van der Waals surface area contributed by atoms with E-state index in [1.165, 1.54) is 6.07 Å². The van der Waals surface area contributed by atoms with Crippen LogP contribution in [0.4, 0.5) is 5.69 Å². The van der Waals surface area contributed by atoms with Gasteiger partial charge in [-0.15, -0.1) is 0 Å². The van der Waals surface area contributed by atoms with Gasteiger partial charge in [-0.05, 0) is 25.1 Å². The standard InChI is InChI=1S/C10H6Cl2N2O2/c1-5-2-3-6-7(11)4-8(12)10(14(15)16)9(6)13-5/h2-4H,1H3. The van der Waals surface area contributed by atoms with Gasteiger partial charge < -0.3 is 0 Å². The van der Waals surface area contributed by atoms with Crippen molar-refractivity contribution in [1.82, 2.24) is 4.98 Å². The van der Waals surface area contributed by atoms with Crippen LogP contribution in [0.25, 0.3) is 10.9 Å². The third-order valence-electron chi connectivity index (χ3n) is 2.18. The lowest BCUT2D eigenvalue weighted by Gasteiger charge is -2.03. The number of hydrogen-bond donors (Lipinski definition) is 0. The number of aromatic nitrogens is 1. The molecule has 4 nitrogen and oxygen atoms in total. The third-order valence-corrected chi connectivity index (χ3v) is 2.78. The Hall–Kier alpha value is -1.39. The Morgan fingerprint density at radius 2 is 2.00 bits per heavy atom. The van der Waals surface area contributed by atoms with Gasteiger partial charge in [0.25, 0.3) is 0 Å². The quantitative estimate of drug-likeness (QED) is 0.577. The highest BCUT2D eigenvalue weighted by Gasteiger charge is 2.20. The van der Waals surface area contributed by atoms with Crippen LogP contribution < -0.4 is 0 Å². The maximum absolute atomic E-state index is 10.9. The van der Waals surface area contributed by atoms with Crippen LogP contribution in [0.1, 0.15) is 5.69 Å². The van der Waals surface area contributed by atoms with E-state index in [0.717, 1.165) is 0 Å². The molecule has 0 atom stereocenters. The van der Waals surface area contributed by atoms with Gasteiger partial charge in [0.05, 0.1) is 9.95 Å². The van der Waals surface area contributed by atoms with Crippen LogP contribution in [0.3, 0.4) is 0 Å². The molecule has 0 N–H and O–H groups in total. The Labute approximate surface area is 101 Å². The van der Waals surface area contributed by atoms with Crippen LogP contribution >= 0.6 is 23.2 Å². The van der Waals surface area contributed by atoms with Gasteiger partial charge in [-0.3, -0.25) is 10.1 Å². The molecule has 6 heteroatoms. The second-order valence-electron chi connectivity index (χ2n) is 3.29. The van der Waals surface area contributed by atoms with Gasteiger partial charge in [-0.25, -0.2) is 4.98 Å². The van der Waals surface area contributed by atoms with Gasteiger partial charge in [-0.2, -0.15) is 0 Å². The molecule has 0 aliphatic heterocycles. The van der Waals surface area contributed by atoms with Gasteiger partial charge in [0.2, 0.25) is 0 Å². The van der Waals surface area contributed by atoms with Crippen LogP contribution in [-0.2, 0) is 0 Å². The summed E-state index contributed by atoms with van der Waals surface area (Å²) >= 11 is 11.7. The highest BCUT2D eigenvalue weighted by molar-refractivity contribution is 6.40. The Balaban J connectivity index is 2.97. The van der Waals surface area contributed by atoms with Crippen molar-refractivity contribution in [2.75, 3.05) is 0 Å². The van der Waals surface area contributed by atoms with Crippen molar-refractivity contribution in [1.29, 1.82) is 0 Å². The van der Waals surface area contributed by atoms with Crippen molar-refractivity contribution in [2.45, 2.75) is 6.92 Å². The lowest BCUT2D eigenvalue weighted by molar-refractivity contribution is -0.383. The fourth-order valence-electron chi connectivity index (χ4n) is 1.47. The Morgan fingerprint density at radius 3 is 2.62 bits per heavy atom. The second-order valence-corrected chi connectivity index (χ2v) is 4.11. The number of rotatable bonds is 1. The first-order chi connectivity index (χ1) is 7.50. The van der Waals surface area contributed by atoms with Crippen LogP contribution in [0.15, 0.2) is 18.2 Å². The predicted octanol–water partition coefficient (Wildman–Crippen LogP) is 3.76. The lowest BCUT2D eigenvalue weighted by Crippen LogP contribution is -1.94. The van der Waals surface area contributed by atoms with E-state index >= 15 is 0 Å². The van der Waals surface area contributed by atoms with Crippen LogP contribution in [0, 0.1) is 17.0 Å². The van der Waals surface area contributed by atoms with E-state index in [1.807, 2.05) is 0 Å². The summed E-state index contributed by atoms with van der Waals surface area (Å²) in [5, 5.41) is 11.8. The van der Waals surface area contributed by atoms with Crippen molar-refractivity contribution in [3.8, 4) is 0 Å². The highest BCUT2D eigenvalue weighted by Crippen LogP contribution is 2.36. The van der Waals surface area contributed by atoms with Crippen molar-refractivity contribution in [3.63, 3.8) is 0 Å². The monoisotopic (exact) mass is 256 g/mol. The first-order valence-corrected chi connectivity index (χ1v) is 5.16. The summed E-state index contributed by atoms with van der Waals surface area (Å²) in [4.78, 5) is 14.5. The molecule has 0 fully saturated rings. The van der Waals surface area contributed by atoms with Crippen molar-refractivity contribution < 1.29 is 4.92 Å². The second kappa shape index (κ2) is 3.88. The molecule has 1 heterocycles. The number of benzene rings is 1. The molecular formula is C10H6Cl2N2O2. The maximum Gasteiger partial charge on any atom is 0.313 e. The number of nitro groups is 1. The number of hydrogen-bond acceptors (Lipinski definition) is 3. The molecular weight excluding hydrogens is 251 g/mol. The molecule has 0 amide bonds. The van der Waals surface area contributed by atoms with E-state index in [9.17, 15) is 10.1 Å². The molecule has 82 valence electrons. The summed E-state index contributed by atoms with van der Waals surface area (Å²) in [6.07, 6.45) is 0. The highest BCUT2D eigenvalue weighted by atomic mass is 35.5. The van der Waals surface area contributed by atoms with Crippen LogP contribution in [0.2, 0.25) is 10.0 Å². The molecule has 0 radical (unpaired) electrons. The molecule has 16 heavy (non-hydrogen) atoms. The number of aryl methyl sites for hydroxylation is 1. The summed E-state index contributed by atoms with van der Waals surface area (Å²) in [5.74, 6) is 0. The van der Waals surface area contributed by atoms with Crippen molar-refractivity contribution in [3.05, 3.63) is 44.1 Å². The molecule has 2 rings (SSSR count). The summed E-state index contributed by atoms with van der Waals surface area (Å²) in [5.41, 5.74) is 0.696. The molecule has 2 aromatic rings. The number of nitrogens with zero attached hydrogens (tertiary/aromatic N) is 2. The molecule has 0 saturated heterocycles. The molecule has 0 spiro atoms. The SMILES string of the molecule is Cc1ccc2c(Cl)cc(Cl)c([N+](=O)[O-])c2n1. The van der Waals surface area contributed by atoms with E-state index in [2.05, 4.69) is 4.98 Å². The van der Waals surface area contributed by atoms with E-state index in [0.29, 0.717) is 16.1 Å². The smallest absolute Gasteiger partial charge is 0.258 e. The number of pyridine rings is 1. The average molecular weight is 257 g/mol. The largest absolute Gasteiger partial charge is 0.313 e. The van der Waals surface area contributed by atoms with E-state index in [-0.39, 0.29) is 16.2 Å². The van der Waals surface area contributed by atoms with Gasteiger partial charge in [0.1, 0.15) is 5.02 Å². The normalized spacial score (nSPS) is 10.7. The predicted molar refractivity (Wildman–Crippen MR) is 63.2 cm³/mol. The Morgan fingerprint density at radius 1 is 1.31 bits per heavy atom. The zero-order valence-corrected chi connectivity index (χ0v) is 9.71. The summed E-state index contributed by atoms with van der Waals surface area (Å²) in [6, 6.07) is 4.80. The fraction of sp³-hybridized carbons (Fsp3) is 0.100. The molecule has 0 aliphatic rings. The Bertz CT molecular complexity index is 599. The lowest BCUT2D eigenvalue weighted by atomic mass is 10.2. The summed E-state index contributed by atoms with van der Waals surface area (Å²) < 4.78 is 0. The van der Waals surface area contributed by atoms with Crippen LogP contribution in [0.5, 0.6) is 0 Å². The molecule has 0 unspecified atom stereocenters. The van der Waals surface area contributed by atoms with Crippen LogP contribution in [-0.4, -0.2) is 9.91 Å². The first kappa shape index (κ1) is 11.1. The number of nitro benzene ring substituents is 1. The van der Waals surface area contributed by atoms with Crippen molar-refractivity contribution in [2.24, 2.45) is 0 Å². The third kappa shape index (κ3) is 1.70. The topological polar surface area (TPSA) is 56.0 Å². The van der Waals surface area contributed by atoms with Gasteiger partial charge >= 0.3 is 5.69 Å². The zero-order chi connectivity index (χ0) is 11.9. The maximum atomic E-state index is 10.9. The molecule has 1 aromatic carbocycles. The van der Waals surface area contributed by atoms with E-state index < -0.39 is 4.92 Å². The molecule has 0 aliphatic carbocycles. The number of halogens is 2. The zero-order valence-electron chi connectivity index (χ0n) is 8.20. The Kier molecular flexibility index (Phi) is 2.69. The van der Waals surface area contributed by atoms with Crippen molar-refractivity contribution >= 4 is 39.8 Å². The summed E-state index contributed by atoms with van der Waals surface area (Å²) in [7, 11) is 0. The summed E-state index contributed by atoms with van der Waals surface area (Å²) in [6.45, 7) is 1.75. The first-order valence-electron chi connectivity index (χ1n) is 4.40. The van der Waals surface area contributed by atoms with Gasteiger partial charge in [0.15, 0.2) is 5.52 Å².